The molecule has 140 valence electrons. The fourth-order valence-corrected chi connectivity index (χ4v) is 3.77. The van der Waals surface area contributed by atoms with Crippen molar-refractivity contribution in [3.63, 3.8) is 0 Å². The van der Waals surface area contributed by atoms with E-state index in [9.17, 15) is 0 Å². The Morgan fingerprint density at radius 1 is 1.00 bits per heavy atom. The second-order valence-corrected chi connectivity index (χ2v) is 7.12. The lowest BCUT2D eigenvalue weighted by Crippen LogP contribution is -2.45. The average molecular weight is 354 g/mol. The van der Waals surface area contributed by atoms with Crippen LogP contribution in [0.3, 0.4) is 0 Å². The Labute approximate surface area is 157 Å². The molecule has 1 saturated heterocycles. The van der Waals surface area contributed by atoms with Crippen molar-refractivity contribution >= 4 is 0 Å². The first-order chi connectivity index (χ1) is 12.7. The van der Waals surface area contributed by atoms with Gasteiger partial charge < -0.3 is 9.47 Å². The highest BCUT2D eigenvalue weighted by atomic mass is 16.5. The maximum absolute atomic E-state index is 5.44. The molecule has 2 aromatic carbocycles. The topological polar surface area (TPSA) is 24.9 Å². The zero-order valence-corrected chi connectivity index (χ0v) is 16.1. The average Bonchev–Trinajstić information content (AvgIpc) is 2.69. The fourth-order valence-electron chi connectivity index (χ4n) is 3.77. The Balaban J connectivity index is 1.59. The van der Waals surface area contributed by atoms with Crippen molar-refractivity contribution in [2.24, 2.45) is 0 Å². The molecule has 0 amide bonds. The summed E-state index contributed by atoms with van der Waals surface area (Å²) in [6.07, 6.45) is 2.52. The minimum absolute atomic E-state index is 0.601. The lowest BCUT2D eigenvalue weighted by Gasteiger charge is -2.37. The molecule has 0 spiro atoms. The van der Waals surface area contributed by atoms with Gasteiger partial charge in [-0.1, -0.05) is 36.4 Å². The predicted octanol–water partition coefficient (Wildman–Crippen LogP) is 3.80. The van der Waals surface area contributed by atoms with Gasteiger partial charge in [-0.05, 0) is 49.7 Å². The van der Waals surface area contributed by atoms with Gasteiger partial charge in [-0.25, -0.2) is 0 Å². The molecule has 1 atom stereocenters. The zero-order valence-electron chi connectivity index (χ0n) is 16.1. The number of ether oxygens (including phenoxy) is 2. The lowest BCUT2D eigenvalue weighted by atomic mass is 10.0. The fraction of sp³-hybridized carbons (Fsp3) is 0.455. The number of benzene rings is 2. The molecule has 4 heteroatoms. The second kappa shape index (κ2) is 9.06. The summed E-state index contributed by atoms with van der Waals surface area (Å²) in [6.45, 7) is 4.23. The summed E-state index contributed by atoms with van der Waals surface area (Å²) in [5.74, 6) is 1.59. The molecule has 1 heterocycles. The van der Waals surface area contributed by atoms with Crippen LogP contribution >= 0.6 is 0 Å². The summed E-state index contributed by atoms with van der Waals surface area (Å²) in [5.41, 5.74) is 2.65. The maximum Gasteiger partial charge on any atom is 0.161 e. The number of hydrogen-bond donors (Lipinski definition) is 0. The van der Waals surface area contributed by atoms with Gasteiger partial charge in [0.15, 0.2) is 11.5 Å². The molecule has 0 saturated carbocycles. The van der Waals surface area contributed by atoms with Crippen LogP contribution in [0.25, 0.3) is 0 Å². The van der Waals surface area contributed by atoms with Gasteiger partial charge in [0.2, 0.25) is 0 Å². The molecule has 1 unspecified atom stereocenters. The summed E-state index contributed by atoms with van der Waals surface area (Å²) in [5, 5.41) is 0. The van der Waals surface area contributed by atoms with E-state index in [4.69, 9.17) is 9.47 Å². The van der Waals surface area contributed by atoms with Gasteiger partial charge in [0.1, 0.15) is 0 Å². The Bertz CT molecular complexity index is 690. The monoisotopic (exact) mass is 354 g/mol. The molecular weight excluding hydrogens is 324 g/mol. The number of likely N-dealkylation sites (N-methyl/N-ethyl adjacent to an activating group) is 1. The van der Waals surface area contributed by atoms with E-state index < -0.39 is 0 Å². The van der Waals surface area contributed by atoms with Crippen molar-refractivity contribution in [1.82, 2.24) is 9.80 Å². The third-order valence-electron chi connectivity index (χ3n) is 5.23. The first-order valence-electron chi connectivity index (χ1n) is 9.37. The van der Waals surface area contributed by atoms with Crippen LogP contribution in [-0.4, -0.2) is 50.2 Å². The second-order valence-electron chi connectivity index (χ2n) is 7.12. The molecule has 4 nitrogen and oxygen atoms in total. The number of piperidine rings is 1. The van der Waals surface area contributed by atoms with E-state index in [-0.39, 0.29) is 0 Å². The molecule has 1 aliphatic rings. The Hall–Kier alpha value is -2.04. The van der Waals surface area contributed by atoms with E-state index in [1.807, 2.05) is 6.07 Å². The van der Waals surface area contributed by atoms with Gasteiger partial charge in [0, 0.05) is 25.7 Å². The predicted molar refractivity (Wildman–Crippen MR) is 106 cm³/mol. The van der Waals surface area contributed by atoms with Crippen LogP contribution in [0.15, 0.2) is 48.5 Å². The summed E-state index contributed by atoms with van der Waals surface area (Å²) < 4.78 is 10.8. The molecular formula is C22H30N2O2. The van der Waals surface area contributed by atoms with Gasteiger partial charge >= 0.3 is 0 Å². The minimum atomic E-state index is 0.601. The Kier molecular flexibility index (Phi) is 6.53. The van der Waals surface area contributed by atoms with Crippen LogP contribution in [0.2, 0.25) is 0 Å². The molecule has 0 bridgehead atoms. The van der Waals surface area contributed by atoms with Crippen molar-refractivity contribution in [3.05, 3.63) is 59.7 Å². The lowest BCUT2D eigenvalue weighted by molar-refractivity contribution is 0.107. The van der Waals surface area contributed by atoms with Crippen molar-refractivity contribution in [2.45, 2.75) is 32.0 Å². The van der Waals surface area contributed by atoms with E-state index in [1.54, 1.807) is 14.2 Å². The summed E-state index contributed by atoms with van der Waals surface area (Å²) in [4.78, 5) is 5.05. The summed E-state index contributed by atoms with van der Waals surface area (Å²) in [7, 11) is 5.62. The van der Waals surface area contributed by atoms with Crippen molar-refractivity contribution in [3.8, 4) is 11.5 Å². The first-order valence-corrected chi connectivity index (χ1v) is 9.37. The molecule has 0 N–H and O–H groups in total. The molecule has 3 rings (SSSR count). The normalized spacial score (nSPS) is 18.1. The van der Waals surface area contributed by atoms with Gasteiger partial charge in [-0.2, -0.15) is 0 Å². The highest BCUT2D eigenvalue weighted by Gasteiger charge is 2.23. The van der Waals surface area contributed by atoms with Gasteiger partial charge in [0.25, 0.3) is 0 Å². The Morgan fingerprint density at radius 3 is 2.50 bits per heavy atom. The van der Waals surface area contributed by atoms with Crippen molar-refractivity contribution in [2.75, 3.05) is 34.4 Å². The van der Waals surface area contributed by atoms with Crippen LogP contribution in [0.5, 0.6) is 11.5 Å². The number of methoxy groups -OCH3 is 2. The van der Waals surface area contributed by atoms with Gasteiger partial charge in [-0.15, -0.1) is 0 Å². The van der Waals surface area contributed by atoms with Crippen LogP contribution in [0.1, 0.15) is 24.0 Å². The van der Waals surface area contributed by atoms with Gasteiger partial charge in [-0.3, -0.25) is 9.80 Å². The molecule has 0 radical (unpaired) electrons. The maximum atomic E-state index is 5.44. The largest absolute Gasteiger partial charge is 0.493 e. The van der Waals surface area contributed by atoms with E-state index in [0.717, 1.165) is 37.7 Å². The summed E-state index contributed by atoms with van der Waals surface area (Å²) in [6, 6.07) is 17.6. The number of likely N-dealkylation sites (tertiary alicyclic amines) is 1. The van der Waals surface area contributed by atoms with E-state index in [1.165, 1.54) is 24.0 Å². The highest BCUT2D eigenvalue weighted by molar-refractivity contribution is 5.42. The van der Waals surface area contributed by atoms with Crippen LogP contribution in [0, 0.1) is 0 Å². The molecule has 1 fully saturated rings. The zero-order chi connectivity index (χ0) is 18.4. The Morgan fingerprint density at radius 2 is 1.77 bits per heavy atom. The van der Waals surface area contributed by atoms with E-state index in [2.05, 4.69) is 59.3 Å². The molecule has 26 heavy (non-hydrogen) atoms. The van der Waals surface area contributed by atoms with E-state index >= 15 is 0 Å². The molecule has 0 aliphatic carbocycles. The van der Waals surface area contributed by atoms with Crippen molar-refractivity contribution < 1.29 is 9.47 Å². The van der Waals surface area contributed by atoms with Crippen molar-refractivity contribution in [1.29, 1.82) is 0 Å². The van der Waals surface area contributed by atoms with Crippen LogP contribution in [0.4, 0.5) is 0 Å². The third kappa shape index (κ3) is 4.77. The molecule has 1 aliphatic heterocycles. The number of nitrogens with zero attached hydrogens (tertiary/aromatic N) is 2. The standard InChI is InChI=1S/C22H30N2O2/c1-23(15-18-8-5-4-6-9-18)20-10-7-13-24(17-20)16-19-11-12-21(25-2)22(14-19)26-3/h4-6,8-9,11-12,14,20H,7,10,13,15-17H2,1-3H3. The minimum Gasteiger partial charge on any atom is -0.493 e. The highest BCUT2D eigenvalue weighted by Crippen LogP contribution is 2.28. The number of hydrogen-bond acceptors (Lipinski definition) is 4. The molecule has 0 aromatic heterocycles. The quantitative estimate of drug-likeness (QED) is 0.755. The first kappa shape index (κ1) is 18.7. The number of rotatable bonds is 7. The smallest absolute Gasteiger partial charge is 0.161 e. The van der Waals surface area contributed by atoms with E-state index in [0.29, 0.717) is 6.04 Å². The van der Waals surface area contributed by atoms with Crippen LogP contribution in [-0.2, 0) is 13.1 Å². The molecule has 2 aromatic rings. The van der Waals surface area contributed by atoms with Gasteiger partial charge in [0.05, 0.1) is 14.2 Å². The third-order valence-corrected chi connectivity index (χ3v) is 5.23. The SMILES string of the molecule is COc1ccc(CN2CCCC(N(C)Cc3ccccc3)C2)cc1OC. The summed E-state index contributed by atoms with van der Waals surface area (Å²) >= 11 is 0. The van der Waals surface area contributed by atoms with Crippen LogP contribution < -0.4 is 9.47 Å².